The lowest BCUT2D eigenvalue weighted by Gasteiger charge is -2.27. The highest BCUT2D eigenvalue weighted by molar-refractivity contribution is 7.98. The SMILES string of the molecule is Cc1sc2nc(CSc3nnc(N4CCOCC4)n3-c3cccc(F)c3)[nH]c(=O)c2c1C. The minimum Gasteiger partial charge on any atom is -0.378 e. The van der Waals surface area contributed by atoms with Gasteiger partial charge in [-0.1, -0.05) is 17.8 Å². The Kier molecular flexibility index (Phi) is 5.70. The van der Waals surface area contributed by atoms with E-state index in [-0.39, 0.29) is 11.4 Å². The van der Waals surface area contributed by atoms with Gasteiger partial charge in [-0.2, -0.15) is 0 Å². The second kappa shape index (κ2) is 8.64. The maximum atomic E-state index is 14.0. The highest BCUT2D eigenvalue weighted by atomic mass is 32.2. The second-order valence-electron chi connectivity index (χ2n) is 7.46. The van der Waals surface area contributed by atoms with Crippen LogP contribution in [0, 0.1) is 19.7 Å². The van der Waals surface area contributed by atoms with Crippen LogP contribution < -0.4 is 10.5 Å². The van der Waals surface area contributed by atoms with Crippen molar-refractivity contribution >= 4 is 39.3 Å². The number of rotatable bonds is 5. The zero-order valence-corrected chi connectivity index (χ0v) is 19.2. The molecule has 0 spiro atoms. The molecule has 0 atom stereocenters. The van der Waals surface area contributed by atoms with E-state index in [0.717, 1.165) is 15.3 Å². The van der Waals surface area contributed by atoms with Crippen LogP contribution >= 0.6 is 23.1 Å². The molecule has 0 unspecified atom stereocenters. The third-order valence-electron chi connectivity index (χ3n) is 5.40. The minimum absolute atomic E-state index is 0.131. The highest BCUT2D eigenvalue weighted by Gasteiger charge is 2.22. The first-order valence-corrected chi connectivity index (χ1v) is 12.0. The number of aryl methyl sites for hydroxylation is 2. The second-order valence-corrected chi connectivity index (χ2v) is 9.61. The Hall–Kier alpha value is -2.76. The molecule has 4 heterocycles. The molecule has 0 amide bonds. The summed E-state index contributed by atoms with van der Waals surface area (Å²) < 4.78 is 21.3. The summed E-state index contributed by atoms with van der Waals surface area (Å²) >= 11 is 2.91. The molecule has 1 saturated heterocycles. The number of nitrogens with one attached hydrogen (secondary N) is 1. The van der Waals surface area contributed by atoms with E-state index in [9.17, 15) is 9.18 Å². The molecule has 166 valence electrons. The van der Waals surface area contributed by atoms with E-state index in [0.29, 0.717) is 60.1 Å². The fourth-order valence-corrected chi connectivity index (χ4v) is 5.53. The molecule has 32 heavy (non-hydrogen) atoms. The summed E-state index contributed by atoms with van der Waals surface area (Å²) in [5.41, 5.74) is 1.48. The minimum atomic E-state index is -0.333. The number of ether oxygens (including phenoxy) is 1. The van der Waals surface area contributed by atoms with Gasteiger partial charge in [0.15, 0.2) is 5.16 Å². The normalized spacial score (nSPS) is 14.4. The number of aromatic amines is 1. The Morgan fingerprint density at radius 2 is 2.06 bits per heavy atom. The molecule has 0 bridgehead atoms. The van der Waals surface area contributed by atoms with Crippen LogP contribution in [0.25, 0.3) is 15.9 Å². The van der Waals surface area contributed by atoms with Crippen molar-refractivity contribution in [2.24, 2.45) is 0 Å². The monoisotopic (exact) mass is 472 g/mol. The lowest BCUT2D eigenvalue weighted by molar-refractivity contribution is 0.122. The summed E-state index contributed by atoms with van der Waals surface area (Å²) in [6, 6.07) is 6.35. The molecule has 1 aromatic carbocycles. The lowest BCUT2D eigenvalue weighted by Crippen LogP contribution is -2.37. The molecule has 0 radical (unpaired) electrons. The maximum absolute atomic E-state index is 14.0. The number of thioether (sulfide) groups is 1. The van der Waals surface area contributed by atoms with Gasteiger partial charge >= 0.3 is 0 Å². The van der Waals surface area contributed by atoms with E-state index in [2.05, 4.69) is 25.1 Å². The van der Waals surface area contributed by atoms with Crippen molar-refractivity contribution in [3.63, 3.8) is 0 Å². The Morgan fingerprint density at radius 1 is 1.25 bits per heavy atom. The van der Waals surface area contributed by atoms with Gasteiger partial charge in [0, 0.05) is 18.0 Å². The van der Waals surface area contributed by atoms with Crippen LogP contribution in [-0.2, 0) is 10.5 Å². The number of morpholine rings is 1. The Balaban J connectivity index is 1.49. The van der Waals surface area contributed by atoms with Crippen LogP contribution in [0.3, 0.4) is 0 Å². The summed E-state index contributed by atoms with van der Waals surface area (Å²) in [6.45, 7) is 6.49. The summed E-state index contributed by atoms with van der Waals surface area (Å²) in [5, 5.41) is 10.0. The summed E-state index contributed by atoms with van der Waals surface area (Å²) in [7, 11) is 0. The molecule has 5 rings (SSSR count). The molecule has 11 heteroatoms. The molecule has 0 aliphatic carbocycles. The topological polar surface area (TPSA) is 88.9 Å². The number of H-pyrrole nitrogens is 1. The van der Waals surface area contributed by atoms with E-state index in [1.807, 2.05) is 24.5 Å². The fraction of sp³-hybridized carbons (Fsp3) is 0.333. The number of nitrogens with zero attached hydrogens (tertiary/aromatic N) is 5. The van der Waals surface area contributed by atoms with Crippen molar-refractivity contribution < 1.29 is 9.13 Å². The van der Waals surface area contributed by atoms with E-state index < -0.39 is 0 Å². The molecular weight excluding hydrogens is 451 g/mol. The van der Waals surface area contributed by atoms with Gasteiger partial charge in [-0.15, -0.1) is 21.5 Å². The van der Waals surface area contributed by atoms with Gasteiger partial charge < -0.3 is 14.6 Å². The average molecular weight is 473 g/mol. The molecular formula is C21H21FN6O2S2. The first-order chi connectivity index (χ1) is 15.5. The number of benzene rings is 1. The van der Waals surface area contributed by atoms with E-state index in [1.54, 1.807) is 6.07 Å². The Morgan fingerprint density at radius 3 is 2.84 bits per heavy atom. The number of thiophene rings is 1. The van der Waals surface area contributed by atoms with Gasteiger partial charge in [0.25, 0.3) is 5.56 Å². The first-order valence-electron chi connectivity index (χ1n) is 10.2. The molecule has 1 aliphatic rings. The van der Waals surface area contributed by atoms with Gasteiger partial charge in [-0.25, -0.2) is 9.37 Å². The van der Waals surface area contributed by atoms with Gasteiger partial charge in [0.05, 0.1) is 30.0 Å². The van der Waals surface area contributed by atoms with Crippen LogP contribution in [0.15, 0.2) is 34.2 Å². The van der Waals surface area contributed by atoms with Crippen molar-refractivity contribution in [1.29, 1.82) is 0 Å². The number of hydrogen-bond acceptors (Lipinski definition) is 8. The highest BCUT2D eigenvalue weighted by Crippen LogP contribution is 2.30. The van der Waals surface area contributed by atoms with Crippen molar-refractivity contribution in [2.75, 3.05) is 31.2 Å². The van der Waals surface area contributed by atoms with Crippen molar-refractivity contribution in [3.05, 3.63) is 56.7 Å². The molecule has 1 N–H and O–H groups in total. The van der Waals surface area contributed by atoms with E-state index in [4.69, 9.17) is 4.74 Å². The zero-order valence-electron chi connectivity index (χ0n) is 17.6. The largest absolute Gasteiger partial charge is 0.378 e. The standard InChI is InChI=1S/C21H21FN6O2S2/c1-12-13(2)32-19-17(12)18(29)23-16(24-19)11-31-21-26-25-20(27-6-8-30-9-7-27)28(21)15-5-3-4-14(22)10-15/h3-5,10H,6-9,11H2,1-2H3,(H,23,24,29). The van der Waals surface area contributed by atoms with Crippen LogP contribution in [0.4, 0.5) is 10.3 Å². The van der Waals surface area contributed by atoms with Gasteiger partial charge in [0.1, 0.15) is 16.5 Å². The van der Waals surface area contributed by atoms with Gasteiger partial charge in [-0.3, -0.25) is 9.36 Å². The van der Waals surface area contributed by atoms with Gasteiger partial charge in [-0.05, 0) is 37.6 Å². The number of halogens is 1. The number of aromatic nitrogens is 5. The van der Waals surface area contributed by atoms with Crippen LogP contribution in [-0.4, -0.2) is 51.0 Å². The predicted molar refractivity (Wildman–Crippen MR) is 124 cm³/mol. The van der Waals surface area contributed by atoms with Crippen molar-refractivity contribution in [3.8, 4) is 5.69 Å². The Bertz CT molecular complexity index is 1340. The van der Waals surface area contributed by atoms with Crippen molar-refractivity contribution in [1.82, 2.24) is 24.7 Å². The average Bonchev–Trinajstić information content (AvgIpc) is 3.34. The molecule has 0 saturated carbocycles. The van der Waals surface area contributed by atoms with Crippen LogP contribution in [0.2, 0.25) is 0 Å². The predicted octanol–water partition coefficient (Wildman–Crippen LogP) is 3.45. The third kappa shape index (κ3) is 3.91. The quantitative estimate of drug-likeness (QED) is 0.445. The third-order valence-corrected chi connectivity index (χ3v) is 7.44. The van der Waals surface area contributed by atoms with E-state index >= 15 is 0 Å². The molecule has 8 nitrogen and oxygen atoms in total. The maximum Gasteiger partial charge on any atom is 0.259 e. The fourth-order valence-electron chi connectivity index (χ4n) is 3.67. The van der Waals surface area contributed by atoms with Crippen molar-refractivity contribution in [2.45, 2.75) is 24.8 Å². The number of hydrogen-bond donors (Lipinski definition) is 1. The zero-order chi connectivity index (χ0) is 22.2. The lowest BCUT2D eigenvalue weighted by atomic mass is 10.2. The molecule has 3 aromatic heterocycles. The molecule has 4 aromatic rings. The van der Waals surface area contributed by atoms with Crippen LogP contribution in [0.5, 0.6) is 0 Å². The summed E-state index contributed by atoms with van der Waals surface area (Å²) in [5.74, 6) is 1.27. The Labute approximate surface area is 191 Å². The number of anilines is 1. The smallest absolute Gasteiger partial charge is 0.259 e. The van der Waals surface area contributed by atoms with E-state index in [1.165, 1.54) is 35.2 Å². The molecule has 1 fully saturated rings. The first kappa shape index (κ1) is 21.1. The number of fused-ring (bicyclic) bond motifs is 1. The molecule has 1 aliphatic heterocycles. The van der Waals surface area contributed by atoms with Gasteiger partial charge in [0.2, 0.25) is 5.95 Å². The summed E-state index contributed by atoms with van der Waals surface area (Å²) in [4.78, 5) is 24.0. The summed E-state index contributed by atoms with van der Waals surface area (Å²) in [6.07, 6.45) is 0. The van der Waals surface area contributed by atoms with Crippen LogP contribution in [0.1, 0.15) is 16.3 Å².